The number of aryl methyl sites for hydroxylation is 1. The molecule has 1 aromatic heterocycles. The standard InChI is InChI=1S/C13H21N3O2/c1-3-5-16-12(9-14-15-16)13(17)8-10-6-11(7-10)18-4-2/h9-11H,3-8H2,1-2H3. The molecule has 5 nitrogen and oxygen atoms in total. The fourth-order valence-corrected chi connectivity index (χ4v) is 2.43. The summed E-state index contributed by atoms with van der Waals surface area (Å²) in [4.78, 5) is 12.1. The third kappa shape index (κ3) is 2.96. The van der Waals surface area contributed by atoms with Crippen LogP contribution in [0.4, 0.5) is 0 Å². The van der Waals surface area contributed by atoms with E-state index in [1.54, 1.807) is 10.9 Å². The summed E-state index contributed by atoms with van der Waals surface area (Å²) in [5, 5.41) is 7.77. The Kier molecular flexibility index (Phi) is 4.47. The van der Waals surface area contributed by atoms with E-state index in [9.17, 15) is 4.79 Å². The van der Waals surface area contributed by atoms with Crippen LogP contribution >= 0.6 is 0 Å². The molecule has 1 fully saturated rings. The van der Waals surface area contributed by atoms with Crippen molar-refractivity contribution in [3.05, 3.63) is 11.9 Å². The van der Waals surface area contributed by atoms with Crippen LogP contribution in [0.2, 0.25) is 0 Å². The number of ether oxygens (including phenoxy) is 1. The number of hydrogen-bond acceptors (Lipinski definition) is 4. The molecule has 1 aliphatic carbocycles. The largest absolute Gasteiger partial charge is 0.378 e. The van der Waals surface area contributed by atoms with Crippen molar-refractivity contribution in [2.75, 3.05) is 6.61 Å². The van der Waals surface area contributed by atoms with Crippen LogP contribution in [0.1, 0.15) is 50.0 Å². The van der Waals surface area contributed by atoms with Crippen LogP contribution in [0, 0.1) is 5.92 Å². The molecule has 0 aromatic carbocycles. The Morgan fingerprint density at radius 2 is 2.28 bits per heavy atom. The van der Waals surface area contributed by atoms with Gasteiger partial charge in [-0.3, -0.25) is 4.79 Å². The number of carbonyl (C=O) groups is 1. The molecule has 1 saturated carbocycles. The van der Waals surface area contributed by atoms with Gasteiger partial charge in [-0.25, -0.2) is 4.68 Å². The summed E-state index contributed by atoms with van der Waals surface area (Å²) in [6, 6.07) is 0. The normalized spacial score (nSPS) is 22.8. The Hall–Kier alpha value is -1.23. The molecule has 100 valence electrons. The zero-order valence-electron chi connectivity index (χ0n) is 11.1. The van der Waals surface area contributed by atoms with E-state index in [1.807, 2.05) is 6.92 Å². The quantitative estimate of drug-likeness (QED) is 0.696. The van der Waals surface area contributed by atoms with Crippen molar-refractivity contribution in [3.63, 3.8) is 0 Å². The van der Waals surface area contributed by atoms with E-state index in [2.05, 4.69) is 17.2 Å². The summed E-state index contributed by atoms with van der Waals surface area (Å²) < 4.78 is 7.21. The van der Waals surface area contributed by atoms with Crippen molar-refractivity contribution in [2.45, 2.75) is 52.2 Å². The monoisotopic (exact) mass is 251 g/mol. The topological polar surface area (TPSA) is 57.0 Å². The van der Waals surface area contributed by atoms with Crippen molar-refractivity contribution in [2.24, 2.45) is 5.92 Å². The molecule has 18 heavy (non-hydrogen) atoms. The summed E-state index contributed by atoms with van der Waals surface area (Å²) in [5.41, 5.74) is 0.650. The van der Waals surface area contributed by atoms with Crippen LogP contribution < -0.4 is 0 Å². The number of aromatic nitrogens is 3. The predicted molar refractivity (Wildman–Crippen MR) is 67.4 cm³/mol. The van der Waals surface area contributed by atoms with Gasteiger partial charge in [-0.15, -0.1) is 5.10 Å². The molecule has 0 N–H and O–H groups in total. The summed E-state index contributed by atoms with van der Waals surface area (Å²) >= 11 is 0. The summed E-state index contributed by atoms with van der Waals surface area (Å²) in [5.74, 6) is 0.632. The van der Waals surface area contributed by atoms with Crippen molar-refractivity contribution < 1.29 is 9.53 Å². The van der Waals surface area contributed by atoms with Gasteiger partial charge in [0.2, 0.25) is 0 Å². The maximum atomic E-state index is 12.1. The summed E-state index contributed by atoms with van der Waals surface area (Å²) in [6.45, 7) is 5.59. The molecule has 0 unspecified atom stereocenters. The molecule has 0 radical (unpaired) electrons. The zero-order chi connectivity index (χ0) is 13.0. The smallest absolute Gasteiger partial charge is 0.182 e. The Morgan fingerprint density at radius 1 is 1.50 bits per heavy atom. The van der Waals surface area contributed by atoms with Gasteiger partial charge in [0, 0.05) is 19.6 Å². The van der Waals surface area contributed by atoms with Crippen LogP contribution in [0.15, 0.2) is 6.20 Å². The Balaban J connectivity index is 1.83. The number of ketones is 1. The number of Topliss-reactive ketones (excluding diaryl/α,β-unsaturated/α-hetero) is 1. The van der Waals surface area contributed by atoms with Crippen LogP contribution in [0.5, 0.6) is 0 Å². The number of nitrogens with zero attached hydrogens (tertiary/aromatic N) is 3. The fraction of sp³-hybridized carbons (Fsp3) is 0.769. The van der Waals surface area contributed by atoms with E-state index in [0.717, 1.165) is 32.4 Å². The van der Waals surface area contributed by atoms with Gasteiger partial charge in [0.1, 0.15) is 5.69 Å². The summed E-state index contributed by atoms with van der Waals surface area (Å²) in [7, 11) is 0. The van der Waals surface area contributed by atoms with Gasteiger partial charge in [0.25, 0.3) is 0 Å². The lowest BCUT2D eigenvalue weighted by Crippen LogP contribution is -2.33. The van der Waals surface area contributed by atoms with Crippen LogP contribution in [-0.2, 0) is 11.3 Å². The molecule has 5 heteroatoms. The second kappa shape index (κ2) is 6.09. The van der Waals surface area contributed by atoms with E-state index in [0.29, 0.717) is 24.1 Å². The molecule has 2 rings (SSSR count). The van der Waals surface area contributed by atoms with Crippen LogP contribution in [-0.4, -0.2) is 33.5 Å². The van der Waals surface area contributed by atoms with E-state index in [4.69, 9.17) is 4.74 Å². The van der Waals surface area contributed by atoms with Crippen LogP contribution in [0.25, 0.3) is 0 Å². The first-order valence-electron chi connectivity index (χ1n) is 6.77. The lowest BCUT2D eigenvalue weighted by molar-refractivity contribution is -0.0246. The first kappa shape index (κ1) is 13.2. The molecular formula is C13H21N3O2. The van der Waals surface area contributed by atoms with Crippen LogP contribution in [0.3, 0.4) is 0 Å². The Morgan fingerprint density at radius 3 is 2.94 bits per heavy atom. The van der Waals surface area contributed by atoms with E-state index < -0.39 is 0 Å². The molecule has 1 aromatic rings. The van der Waals surface area contributed by atoms with Gasteiger partial charge >= 0.3 is 0 Å². The maximum Gasteiger partial charge on any atom is 0.182 e. The molecule has 0 amide bonds. The van der Waals surface area contributed by atoms with E-state index in [1.165, 1.54) is 0 Å². The molecule has 0 bridgehead atoms. The predicted octanol–water partition coefficient (Wildman–Crippen LogP) is 2.08. The molecule has 1 heterocycles. The fourth-order valence-electron chi connectivity index (χ4n) is 2.43. The van der Waals surface area contributed by atoms with Crippen molar-refractivity contribution in [1.29, 1.82) is 0 Å². The number of rotatable bonds is 7. The third-order valence-corrected chi connectivity index (χ3v) is 3.41. The minimum atomic E-state index is 0.161. The van der Waals surface area contributed by atoms with E-state index >= 15 is 0 Å². The lowest BCUT2D eigenvalue weighted by atomic mass is 9.78. The second-order valence-corrected chi connectivity index (χ2v) is 4.88. The molecule has 0 spiro atoms. The minimum Gasteiger partial charge on any atom is -0.378 e. The average molecular weight is 251 g/mol. The Bertz CT molecular complexity index is 397. The number of carbonyl (C=O) groups excluding carboxylic acids is 1. The van der Waals surface area contributed by atoms with Gasteiger partial charge in [0.05, 0.1) is 12.3 Å². The minimum absolute atomic E-state index is 0.161. The van der Waals surface area contributed by atoms with Crippen molar-refractivity contribution in [1.82, 2.24) is 15.0 Å². The van der Waals surface area contributed by atoms with Gasteiger partial charge in [-0.1, -0.05) is 12.1 Å². The molecule has 1 aliphatic rings. The van der Waals surface area contributed by atoms with Crippen molar-refractivity contribution in [3.8, 4) is 0 Å². The molecule has 0 aliphatic heterocycles. The first-order valence-corrected chi connectivity index (χ1v) is 6.77. The lowest BCUT2D eigenvalue weighted by Gasteiger charge is -2.34. The summed E-state index contributed by atoms with van der Waals surface area (Å²) in [6.07, 6.45) is 5.52. The second-order valence-electron chi connectivity index (χ2n) is 4.88. The molecular weight excluding hydrogens is 230 g/mol. The highest BCUT2D eigenvalue weighted by Crippen LogP contribution is 2.33. The van der Waals surface area contributed by atoms with Gasteiger partial charge in [-0.05, 0) is 32.1 Å². The first-order chi connectivity index (χ1) is 8.74. The highest BCUT2D eigenvalue weighted by Gasteiger charge is 2.31. The maximum absolute atomic E-state index is 12.1. The molecule has 0 saturated heterocycles. The van der Waals surface area contributed by atoms with E-state index in [-0.39, 0.29) is 5.78 Å². The highest BCUT2D eigenvalue weighted by molar-refractivity contribution is 5.94. The van der Waals surface area contributed by atoms with Gasteiger partial charge in [-0.2, -0.15) is 0 Å². The Labute approximate surface area is 108 Å². The SMILES string of the molecule is CCCn1nncc1C(=O)CC1CC(OCC)C1. The average Bonchev–Trinajstić information content (AvgIpc) is 2.75. The van der Waals surface area contributed by atoms with Gasteiger partial charge < -0.3 is 4.74 Å². The third-order valence-electron chi connectivity index (χ3n) is 3.41. The van der Waals surface area contributed by atoms with Gasteiger partial charge in [0.15, 0.2) is 5.78 Å². The zero-order valence-corrected chi connectivity index (χ0v) is 11.1. The number of hydrogen-bond donors (Lipinski definition) is 0. The van der Waals surface area contributed by atoms with Crippen molar-refractivity contribution >= 4 is 5.78 Å². The highest BCUT2D eigenvalue weighted by atomic mass is 16.5. The molecule has 0 atom stereocenters.